The minimum atomic E-state index is -0.769. The number of anilines is 1. The number of ether oxygens (including phenoxy) is 1. The lowest BCUT2D eigenvalue weighted by atomic mass is 9.97. The van der Waals surface area contributed by atoms with Crippen molar-refractivity contribution in [3.05, 3.63) is 24.3 Å². The predicted molar refractivity (Wildman–Crippen MR) is 78.4 cm³/mol. The summed E-state index contributed by atoms with van der Waals surface area (Å²) >= 11 is 0. The fraction of sp³-hybridized carbons (Fsp3) is 0.467. The van der Waals surface area contributed by atoms with E-state index in [9.17, 15) is 9.59 Å². The van der Waals surface area contributed by atoms with Crippen LogP contribution < -0.4 is 10.1 Å². The van der Waals surface area contributed by atoms with E-state index in [1.54, 1.807) is 12.0 Å². The van der Waals surface area contributed by atoms with Crippen LogP contribution in [0.25, 0.3) is 0 Å². The first kappa shape index (κ1) is 15.2. The van der Waals surface area contributed by atoms with Gasteiger partial charge in [-0.1, -0.05) is 12.1 Å². The number of amides is 1. The fourth-order valence-electron chi connectivity index (χ4n) is 2.45. The molecule has 0 atom stereocenters. The topological polar surface area (TPSA) is 78.9 Å². The number of carboxylic acid groups (broad SMARTS) is 1. The summed E-state index contributed by atoms with van der Waals surface area (Å²) in [5, 5.41) is 12.0. The highest BCUT2D eigenvalue weighted by atomic mass is 16.5. The van der Waals surface area contributed by atoms with Gasteiger partial charge in [-0.05, 0) is 25.0 Å². The van der Waals surface area contributed by atoms with Crippen molar-refractivity contribution < 1.29 is 19.4 Å². The number of hydrogen-bond acceptors (Lipinski definition) is 4. The van der Waals surface area contributed by atoms with E-state index in [1.807, 2.05) is 24.3 Å². The van der Waals surface area contributed by atoms with Crippen molar-refractivity contribution in [1.29, 1.82) is 0 Å². The van der Waals surface area contributed by atoms with Crippen LogP contribution >= 0.6 is 0 Å². The molecule has 114 valence electrons. The molecule has 0 radical (unpaired) electrons. The van der Waals surface area contributed by atoms with Crippen LogP contribution in [0, 0.1) is 5.92 Å². The predicted octanol–water partition coefficient (Wildman–Crippen LogP) is 1.43. The second kappa shape index (κ2) is 6.97. The zero-order valence-corrected chi connectivity index (χ0v) is 12.0. The van der Waals surface area contributed by atoms with Crippen molar-refractivity contribution in [2.75, 3.05) is 32.1 Å². The SMILES string of the molecule is COc1ccccc1NCC(=O)N1CCC(C(=O)O)CC1. The van der Waals surface area contributed by atoms with Gasteiger partial charge in [0.1, 0.15) is 5.75 Å². The van der Waals surface area contributed by atoms with Gasteiger partial charge in [0.15, 0.2) is 0 Å². The molecular formula is C15H20N2O4. The monoisotopic (exact) mass is 292 g/mol. The number of nitrogens with zero attached hydrogens (tertiary/aromatic N) is 1. The average molecular weight is 292 g/mol. The van der Waals surface area contributed by atoms with E-state index in [1.165, 1.54) is 0 Å². The van der Waals surface area contributed by atoms with Crippen LogP contribution in [0.4, 0.5) is 5.69 Å². The van der Waals surface area contributed by atoms with E-state index in [0.717, 1.165) is 5.69 Å². The number of carbonyl (C=O) groups excluding carboxylic acids is 1. The van der Waals surface area contributed by atoms with E-state index in [2.05, 4.69) is 5.32 Å². The molecule has 1 amide bonds. The Labute approximate surface area is 123 Å². The minimum absolute atomic E-state index is 0.0234. The normalized spacial score (nSPS) is 15.6. The van der Waals surface area contributed by atoms with Crippen molar-refractivity contribution in [2.45, 2.75) is 12.8 Å². The number of piperidine rings is 1. The smallest absolute Gasteiger partial charge is 0.306 e. The fourth-order valence-corrected chi connectivity index (χ4v) is 2.45. The summed E-state index contributed by atoms with van der Waals surface area (Å²) in [7, 11) is 1.58. The maximum Gasteiger partial charge on any atom is 0.306 e. The van der Waals surface area contributed by atoms with Gasteiger partial charge in [-0.15, -0.1) is 0 Å². The van der Waals surface area contributed by atoms with Gasteiger partial charge in [0.2, 0.25) is 5.91 Å². The van der Waals surface area contributed by atoms with Crippen LogP contribution in [-0.2, 0) is 9.59 Å². The van der Waals surface area contributed by atoms with Gasteiger partial charge in [0.25, 0.3) is 0 Å². The van der Waals surface area contributed by atoms with Crippen LogP contribution in [0.3, 0.4) is 0 Å². The summed E-state index contributed by atoms with van der Waals surface area (Å²) in [6.45, 7) is 1.19. The third-order valence-electron chi connectivity index (χ3n) is 3.73. The van der Waals surface area contributed by atoms with Crippen molar-refractivity contribution in [1.82, 2.24) is 4.90 Å². The van der Waals surface area contributed by atoms with Gasteiger partial charge < -0.3 is 20.1 Å². The summed E-state index contributed by atoms with van der Waals surface area (Å²) in [6, 6.07) is 7.41. The van der Waals surface area contributed by atoms with Crippen molar-refractivity contribution in [3.8, 4) is 5.75 Å². The lowest BCUT2D eigenvalue weighted by Crippen LogP contribution is -2.42. The number of likely N-dealkylation sites (tertiary alicyclic amines) is 1. The highest BCUT2D eigenvalue weighted by molar-refractivity contribution is 5.82. The van der Waals surface area contributed by atoms with Gasteiger partial charge >= 0.3 is 5.97 Å². The van der Waals surface area contributed by atoms with E-state index in [4.69, 9.17) is 9.84 Å². The molecule has 1 fully saturated rings. The lowest BCUT2D eigenvalue weighted by Gasteiger charge is -2.30. The van der Waals surface area contributed by atoms with Gasteiger partial charge in [0.05, 0.1) is 25.3 Å². The van der Waals surface area contributed by atoms with Crippen LogP contribution in [-0.4, -0.2) is 48.6 Å². The molecule has 6 heteroatoms. The largest absolute Gasteiger partial charge is 0.495 e. The second-order valence-electron chi connectivity index (χ2n) is 5.05. The molecule has 1 aromatic carbocycles. The Morgan fingerprint density at radius 2 is 2.00 bits per heavy atom. The molecular weight excluding hydrogens is 272 g/mol. The number of hydrogen-bond donors (Lipinski definition) is 2. The highest BCUT2D eigenvalue weighted by Gasteiger charge is 2.26. The third-order valence-corrected chi connectivity index (χ3v) is 3.73. The summed E-state index contributed by atoms with van der Waals surface area (Å²) in [5.74, 6) is -0.426. The van der Waals surface area contributed by atoms with Crippen molar-refractivity contribution in [2.24, 2.45) is 5.92 Å². The van der Waals surface area contributed by atoms with E-state index >= 15 is 0 Å². The Kier molecular flexibility index (Phi) is 5.03. The molecule has 1 aliphatic rings. The van der Waals surface area contributed by atoms with Gasteiger partial charge in [-0.2, -0.15) is 0 Å². The van der Waals surface area contributed by atoms with E-state index < -0.39 is 5.97 Å². The molecule has 0 aromatic heterocycles. The molecule has 2 N–H and O–H groups in total. The van der Waals surface area contributed by atoms with Crippen LogP contribution in [0.1, 0.15) is 12.8 Å². The first-order chi connectivity index (χ1) is 10.1. The number of carbonyl (C=O) groups is 2. The number of aliphatic carboxylic acids is 1. The van der Waals surface area contributed by atoms with Gasteiger partial charge in [0, 0.05) is 13.1 Å². The first-order valence-electron chi connectivity index (χ1n) is 6.99. The molecule has 0 spiro atoms. The van der Waals surface area contributed by atoms with Crippen LogP contribution in [0.2, 0.25) is 0 Å². The zero-order valence-electron chi connectivity index (χ0n) is 12.0. The Hall–Kier alpha value is -2.24. The molecule has 1 heterocycles. The Morgan fingerprint density at radius 1 is 1.33 bits per heavy atom. The second-order valence-corrected chi connectivity index (χ2v) is 5.05. The lowest BCUT2D eigenvalue weighted by molar-refractivity contribution is -0.145. The Morgan fingerprint density at radius 3 is 2.62 bits per heavy atom. The number of benzene rings is 1. The number of methoxy groups -OCH3 is 1. The molecule has 0 saturated carbocycles. The maximum atomic E-state index is 12.1. The van der Waals surface area contributed by atoms with Crippen LogP contribution in [0.15, 0.2) is 24.3 Å². The average Bonchev–Trinajstić information content (AvgIpc) is 2.52. The molecule has 0 unspecified atom stereocenters. The highest BCUT2D eigenvalue weighted by Crippen LogP contribution is 2.23. The van der Waals surface area contributed by atoms with Crippen LogP contribution in [0.5, 0.6) is 5.75 Å². The standard InChI is InChI=1S/C15H20N2O4/c1-21-13-5-3-2-4-12(13)16-10-14(18)17-8-6-11(7-9-17)15(19)20/h2-5,11,16H,6-10H2,1H3,(H,19,20). The zero-order chi connectivity index (χ0) is 15.2. The maximum absolute atomic E-state index is 12.1. The number of rotatable bonds is 5. The van der Waals surface area contributed by atoms with Crippen molar-refractivity contribution >= 4 is 17.6 Å². The summed E-state index contributed by atoms with van der Waals surface area (Å²) in [4.78, 5) is 24.7. The third kappa shape index (κ3) is 3.87. The summed E-state index contributed by atoms with van der Waals surface area (Å²) in [5.41, 5.74) is 0.772. The molecule has 2 rings (SSSR count). The quantitative estimate of drug-likeness (QED) is 0.858. The van der Waals surface area contributed by atoms with Gasteiger partial charge in [-0.25, -0.2) is 0 Å². The molecule has 1 aromatic rings. The summed E-state index contributed by atoms with van der Waals surface area (Å²) < 4.78 is 5.21. The molecule has 1 aliphatic heterocycles. The Balaban J connectivity index is 1.84. The first-order valence-corrected chi connectivity index (χ1v) is 6.99. The Bertz CT molecular complexity index is 510. The molecule has 0 bridgehead atoms. The van der Waals surface area contributed by atoms with E-state index in [-0.39, 0.29) is 18.4 Å². The van der Waals surface area contributed by atoms with Crippen molar-refractivity contribution in [3.63, 3.8) is 0 Å². The minimum Gasteiger partial charge on any atom is -0.495 e. The number of nitrogens with one attached hydrogen (secondary N) is 1. The number of para-hydroxylation sites is 2. The number of carboxylic acids is 1. The molecule has 21 heavy (non-hydrogen) atoms. The molecule has 1 saturated heterocycles. The van der Waals surface area contributed by atoms with Gasteiger partial charge in [-0.3, -0.25) is 9.59 Å². The molecule has 0 aliphatic carbocycles. The molecule has 6 nitrogen and oxygen atoms in total. The van der Waals surface area contributed by atoms with E-state index in [0.29, 0.717) is 31.7 Å². The summed E-state index contributed by atoms with van der Waals surface area (Å²) in [6.07, 6.45) is 1.05.